The average Bonchev–Trinajstić information content (AvgIpc) is 3.19. The van der Waals surface area contributed by atoms with Gasteiger partial charge in [0, 0.05) is 5.56 Å². The van der Waals surface area contributed by atoms with E-state index in [0.29, 0.717) is 40.1 Å². The highest BCUT2D eigenvalue weighted by Gasteiger charge is 2.19. The normalized spacial score (nSPS) is 10.9. The van der Waals surface area contributed by atoms with E-state index in [1.54, 1.807) is 42.5 Å². The van der Waals surface area contributed by atoms with Crippen molar-refractivity contribution < 1.29 is 14.2 Å². The van der Waals surface area contributed by atoms with Crippen LogP contribution >= 0.6 is 11.3 Å². The fourth-order valence-electron chi connectivity index (χ4n) is 2.99. The molecule has 0 aliphatic rings. The second-order valence-corrected chi connectivity index (χ2v) is 7.05. The Labute approximate surface area is 174 Å². The average molecular weight is 426 g/mol. The number of fused-ring (bicyclic) bond motifs is 1. The molecule has 0 unspecified atom stereocenters. The van der Waals surface area contributed by atoms with Crippen LogP contribution in [0.2, 0.25) is 0 Å². The van der Waals surface area contributed by atoms with Gasteiger partial charge in [0.2, 0.25) is 10.7 Å². The number of hydrogen-bond acceptors (Lipinski definition) is 8. The molecule has 0 amide bonds. The predicted molar refractivity (Wildman–Crippen MR) is 112 cm³/mol. The number of benzene rings is 2. The van der Waals surface area contributed by atoms with Crippen LogP contribution in [-0.4, -0.2) is 40.0 Å². The Kier molecular flexibility index (Phi) is 5.23. The molecule has 10 heteroatoms. The summed E-state index contributed by atoms with van der Waals surface area (Å²) >= 11 is 1.12. The smallest absolute Gasteiger partial charge is 0.360 e. The van der Waals surface area contributed by atoms with Crippen molar-refractivity contribution in [3.63, 3.8) is 0 Å². The van der Waals surface area contributed by atoms with Crippen LogP contribution in [0.3, 0.4) is 0 Å². The summed E-state index contributed by atoms with van der Waals surface area (Å²) in [4.78, 5) is 29.6. The summed E-state index contributed by atoms with van der Waals surface area (Å²) in [5, 5.41) is 4.86. The first-order chi connectivity index (χ1) is 14.6. The van der Waals surface area contributed by atoms with Gasteiger partial charge in [0.25, 0.3) is 0 Å². The summed E-state index contributed by atoms with van der Waals surface area (Å²) in [6.45, 7) is 2.30. The Balaban J connectivity index is 1.90. The Morgan fingerprint density at radius 2 is 1.70 bits per heavy atom. The third kappa shape index (κ3) is 3.30. The quantitative estimate of drug-likeness (QED) is 0.467. The molecule has 9 nitrogen and oxygen atoms in total. The standard InChI is InChI=1S/C20H18N4O5S/c1-4-29-16-14(27-2)10-12(11-15(16)28-3)17-22-24-19(30-17)21-18(25)23(20(24)26)13-8-6-5-7-9-13/h5-11H,4H2,1-3H3. The maximum absolute atomic E-state index is 12.9. The first kappa shape index (κ1) is 19.6. The fraction of sp³-hybridized carbons (Fsp3) is 0.200. The highest BCUT2D eigenvalue weighted by atomic mass is 32.1. The Morgan fingerprint density at radius 3 is 2.30 bits per heavy atom. The molecule has 2 aromatic heterocycles. The Bertz CT molecular complexity index is 1300. The number of para-hydroxylation sites is 1. The molecule has 0 bridgehead atoms. The minimum atomic E-state index is -0.664. The van der Waals surface area contributed by atoms with Gasteiger partial charge in [0.15, 0.2) is 11.5 Å². The van der Waals surface area contributed by atoms with Gasteiger partial charge in [-0.1, -0.05) is 29.5 Å². The second kappa shape index (κ2) is 7.99. The Hall–Kier alpha value is -3.66. The molecule has 0 fully saturated rings. The van der Waals surface area contributed by atoms with E-state index in [9.17, 15) is 9.59 Å². The van der Waals surface area contributed by atoms with Crippen molar-refractivity contribution in [1.29, 1.82) is 0 Å². The van der Waals surface area contributed by atoms with E-state index in [1.807, 2.05) is 6.92 Å². The van der Waals surface area contributed by atoms with Crippen LogP contribution in [0.25, 0.3) is 21.2 Å². The van der Waals surface area contributed by atoms with Gasteiger partial charge in [0.05, 0.1) is 26.5 Å². The minimum Gasteiger partial charge on any atom is -0.493 e. The maximum Gasteiger partial charge on any atom is 0.360 e. The van der Waals surface area contributed by atoms with Gasteiger partial charge >= 0.3 is 11.4 Å². The van der Waals surface area contributed by atoms with Crippen LogP contribution in [0.1, 0.15) is 6.92 Å². The minimum absolute atomic E-state index is 0.194. The van der Waals surface area contributed by atoms with Crippen molar-refractivity contribution in [2.24, 2.45) is 0 Å². The summed E-state index contributed by atoms with van der Waals surface area (Å²) in [7, 11) is 3.05. The highest BCUT2D eigenvalue weighted by molar-refractivity contribution is 7.19. The van der Waals surface area contributed by atoms with Crippen LogP contribution in [0.4, 0.5) is 0 Å². The van der Waals surface area contributed by atoms with Gasteiger partial charge < -0.3 is 14.2 Å². The summed E-state index contributed by atoms with van der Waals surface area (Å²) < 4.78 is 18.6. The summed E-state index contributed by atoms with van der Waals surface area (Å²) in [5.74, 6) is 1.41. The van der Waals surface area contributed by atoms with Gasteiger partial charge in [-0.15, -0.1) is 5.10 Å². The number of aromatic nitrogens is 4. The molecule has 2 heterocycles. The molecule has 0 aliphatic carbocycles. The first-order valence-electron chi connectivity index (χ1n) is 9.05. The van der Waals surface area contributed by atoms with Gasteiger partial charge in [-0.05, 0) is 31.2 Å². The van der Waals surface area contributed by atoms with Crippen molar-refractivity contribution in [3.05, 3.63) is 63.4 Å². The molecule has 0 radical (unpaired) electrons. The first-order valence-corrected chi connectivity index (χ1v) is 9.86. The molecule has 2 aromatic carbocycles. The topological polar surface area (TPSA) is 97.0 Å². The lowest BCUT2D eigenvalue weighted by Gasteiger charge is -2.14. The van der Waals surface area contributed by atoms with Gasteiger partial charge in [-0.2, -0.15) is 9.50 Å². The zero-order chi connectivity index (χ0) is 21.3. The second-order valence-electron chi connectivity index (χ2n) is 6.09. The molecule has 30 heavy (non-hydrogen) atoms. The van der Waals surface area contributed by atoms with Crippen LogP contribution in [-0.2, 0) is 0 Å². The van der Waals surface area contributed by atoms with Crippen molar-refractivity contribution in [3.8, 4) is 33.5 Å². The monoisotopic (exact) mass is 426 g/mol. The number of ether oxygens (including phenoxy) is 3. The van der Waals surface area contributed by atoms with Crippen LogP contribution < -0.4 is 25.6 Å². The van der Waals surface area contributed by atoms with Gasteiger partial charge in [-0.3, -0.25) is 0 Å². The van der Waals surface area contributed by atoms with E-state index >= 15 is 0 Å². The summed E-state index contributed by atoms with van der Waals surface area (Å²) in [6.07, 6.45) is 0. The predicted octanol–water partition coefficient (Wildman–Crippen LogP) is 2.38. The molecule has 0 saturated carbocycles. The van der Waals surface area contributed by atoms with Crippen molar-refractivity contribution in [2.45, 2.75) is 6.92 Å². The largest absolute Gasteiger partial charge is 0.493 e. The van der Waals surface area contributed by atoms with E-state index in [4.69, 9.17) is 14.2 Å². The van der Waals surface area contributed by atoms with E-state index in [1.165, 1.54) is 14.2 Å². The highest BCUT2D eigenvalue weighted by Crippen LogP contribution is 2.42. The number of hydrogen-bond donors (Lipinski definition) is 0. The van der Waals surface area contributed by atoms with Crippen molar-refractivity contribution in [1.82, 2.24) is 19.2 Å². The molecule has 4 rings (SSSR count). The molecule has 0 atom stereocenters. The van der Waals surface area contributed by atoms with E-state index in [0.717, 1.165) is 20.4 Å². The SMILES string of the molecule is CCOc1c(OC)cc(-c2nn3c(=O)n(-c4ccccc4)c(=O)nc3s2)cc1OC. The van der Waals surface area contributed by atoms with Crippen molar-refractivity contribution >= 4 is 16.3 Å². The Morgan fingerprint density at radius 1 is 1.03 bits per heavy atom. The number of methoxy groups -OCH3 is 2. The maximum atomic E-state index is 12.9. The van der Waals surface area contributed by atoms with E-state index < -0.39 is 11.4 Å². The zero-order valence-corrected chi connectivity index (χ0v) is 17.3. The molecule has 0 aliphatic heterocycles. The lowest BCUT2D eigenvalue weighted by molar-refractivity contribution is 0.288. The summed E-state index contributed by atoms with van der Waals surface area (Å²) in [5.41, 5.74) is -0.194. The van der Waals surface area contributed by atoms with E-state index in [-0.39, 0.29) is 4.96 Å². The third-order valence-corrected chi connectivity index (χ3v) is 5.28. The van der Waals surface area contributed by atoms with Crippen molar-refractivity contribution in [2.75, 3.05) is 20.8 Å². The van der Waals surface area contributed by atoms with Gasteiger partial charge in [0.1, 0.15) is 5.01 Å². The molecule has 4 aromatic rings. The molecule has 0 saturated heterocycles. The fourth-order valence-corrected chi connectivity index (χ4v) is 3.85. The van der Waals surface area contributed by atoms with Gasteiger partial charge in [-0.25, -0.2) is 14.2 Å². The molecule has 0 N–H and O–H groups in total. The molecular formula is C20H18N4O5S. The third-order valence-electron chi connectivity index (χ3n) is 4.33. The van der Waals surface area contributed by atoms with Crippen LogP contribution in [0, 0.1) is 0 Å². The number of nitrogens with zero attached hydrogens (tertiary/aromatic N) is 4. The lowest BCUT2D eigenvalue weighted by atomic mass is 10.2. The molecular weight excluding hydrogens is 408 g/mol. The van der Waals surface area contributed by atoms with E-state index in [2.05, 4.69) is 10.1 Å². The van der Waals surface area contributed by atoms with Crippen LogP contribution in [0.5, 0.6) is 17.2 Å². The van der Waals surface area contributed by atoms with Crippen LogP contribution in [0.15, 0.2) is 52.1 Å². The summed E-state index contributed by atoms with van der Waals surface area (Å²) in [6, 6.07) is 12.1. The molecule has 0 spiro atoms. The lowest BCUT2D eigenvalue weighted by Crippen LogP contribution is -2.37. The zero-order valence-electron chi connectivity index (χ0n) is 16.5. The molecule has 154 valence electrons. The number of rotatable bonds is 6.